The number of aromatic nitrogens is 2. The highest BCUT2D eigenvalue weighted by Crippen LogP contribution is 2.34. The molecule has 0 saturated carbocycles. The first-order valence-electron chi connectivity index (χ1n) is 8.07. The van der Waals surface area contributed by atoms with Crippen LogP contribution in [0.2, 0.25) is 0 Å². The standard InChI is InChI=1S/C19H15F3N4O2/c1-28-13-6-4-5-12(9-13)25-17-11-23-16(10-24-17)18(27)26-15-8-3-2-7-14(15)19(20,21)22/h2-11H,1H3,(H,24,25)(H,26,27). The molecule has 0 aliphatic rings. The predicted octanol–water partition coefficient (Wildman–Crippen LogP) is 4.50. The highest BCUT2D eigenvalue weighted by Gasteiger charge is 2.33. The molecule has 1 heterocycles. The van der Waals surface area contributed by atoms with Gasteiger partial charge in [0, 0.05) is 11.8 Å². The van der Waals surface area contributed by atoms with Crippen LogP contribution in [0.5, 0.6) is 5.75 Å². The molecule has 3 aromatic rings. The van der Waals surface area contributed by atoms with Gasteiger partial charge in [-0.3, -0.25) is 4.79 Å². The van der Waals surface area contributed by atoms with Crippen molar-refractivity contribution < 1.29 is 22.7 Å². The third kappa shape index (κ3) is 4.56. The molecule has 2 N–H and O–H groups in total. The van der Waals surface area contributed by atoms with Gasteiger partial charge in [0.25, 0.3) is 5.91 Å². The van der Waals surface area contributed by atoms with Gasteiger partial charge >= 0.3 is 6.18 Å². The second kappa shape index (κ2) is 7.95. The van der Waals surface area contributed by atoms with Crippen molar-refractivity contribution in [3.63, 3.8) is 0 Å². The lowest BCUT2D eigenvalue weighted by atomic mass is 10.1. The van der Waals surface area contributed by atoms with Crippen molar-refractivity contribution >= 4 is 23.1 Å². The maximum Gasteiger partial charge on any atom is 0.418 e. The van der Waals surface area contributed by atoms with E-state index >= 15 is 0 Å². The van der Waals surface area contributed by atoms with Crippen LogP contribution in [0.25, 0.3) is 0 Å². The lowest BCUT2D eigenvalue weighted by molar-refractivity contribution is -0.136. The number of ether oxygens (including phenoxy) is 1. The summed E-state index contributed by atoms with van der Waals surface area (Å²) in [4.78, 5) is 20.3. The fourth-order valence-electron chi connectivity index (χ4n) is 2.38. The number of carbonyl (C=O) groups excluding carboxylic acids is 1. The van der Waals surface area contributed by atoms with E-state index in [9.17, 15) is 18.0 Å². The molecule has 0 unspecified atom stereocenters. The molecule has 3 rings (SSSR count). The van der Waals surface area contributed by atoms with Crippen molar-refractivity contribution in [2.24, 2.45) is 0 Å². The Hall–Kier alpha value is -3.62. The fourth-order valence-corrected chi connectivity index (χ4v) is 2.38. The third-order valence-electron chi connectivity index (χ3n) is 3.71. The molecule has 2 aromatic carbocycles. The van der Waals surface area contributed by atoms with Gasteiger partial charge in [0.05, 0.1) is 30.8 Å². The van der Waals surface area contributed by atoms with Crippen LogP contribution >= 0.6 is 0 Å². The first-order valence-corrected chi connectivity index (χ1v) is 8.07. The number of methoxy groups -OCH3 is 1. The zero-order valence-corrected chi connectivity index (χ0v) is 14.6. The number of carbonyl (C=O) groups is 1. The average molecular weight is 388 g/mol. The Bertz CT molecular complexity index is 975. The molecular formula is C19H15F3N4O2. The largest absolute Gasteiger partial charge is 0.497 e. The molecule has 1 aromatic heterocycles. The van der Waals surface area contributed by atoms with Gasteiger partial charge in [0.1, 0.15) is 17.3 Å². The van der Waals surface area contributed by atoms with Crippen LogP contribution in [0, 0.1) is 0 Å². The van der Waals surface area contributed by atoms with E-state index < -0.39 is 17.6 Å². The summed E-state index contributed by atoms with van der Waals surface area (Å²) < 4.78 is 44.2. The molecule has 0 fully saturated rings. The quantitative estimate of drug-likeness (QED) is 0.673. The number of halogens is 3. The maximum atomic E-state index is 13.0. The minimum atomic E-state index is -4.58. The summed E-state index contributed by atoms with van der Waals surface area (Å²) in [5, 5.41) is 5.21. The van der Waals surface area contributed by atoms with Crippen molar-refractivity contribution in [1.82, 2.24) is 9.97 Å². The van der Waals surface area contributed by atoms with E-state index in [0.29, 0.717) is 17.3 Å². The van der Waals surface area contributed by atoms with Crippen LogP contribution in [-0.4, -0.2) is 23.0 Å². The molecule has 0 bridgehead atoms. The van der Waals surface area contributed by atoms with Gasteiger partial charge in [0.2, 0.25) is 0 Å². The average Bonchev–Trinajstić information content (AvgIpc) is 2.68. The molecule has 1 amide bonds. The molecule has 0 aliphatic carbocycles. The van der Waals surface area contributed by atoms with Crippen molar-refractivity contribution in [2.75, 3.05) is 17.7 Å². The van der Waals surface area contributed by atoms with E-state index in [-0.39, 0.29) is 11.4 Å². The van der Waals surface area contributed by atoms with Crippen LogP contribution in [0.15, 0.2) is 60.9 Å². The normalized spacial score (nSPS) is 11.0. The maximum absolute atomic E-state index is 13.0. The number of alkyl halides is 3. The van der Waals surface area contributed by atoms with Crippen molar-refractivity contribution in [3.05, 3.63) is 72.2 Å². The molecule has 144 valence electrons. The number of rotatable bonds is 5. The number of para-hydroxylation sites is 1. The summed E-state index contributed by atoms with van der Waals surface area (Å²) in [5.41, 5.74) is -0.703. The predicted molar refractivity (Wildman–Crippen MR) is 97.7 cm³/mol. The SMILES string of the molecule is COc1cccc(Nc2cnc(C(=O)Nc3ccccc3C(F)(F)F)cn2)c1. The summed E-state index contributed by atoms with van der Waals surface area (Å²) in [6, 6.07) is 11.8. The van der Waals surface area contributed by atoms with Gasteiger partial charge in [0.15, 0.2) is 0 Å². The Morgan fingerprint density at radius 3 is 2.50 bits per heavy atom. The van der Waals surface area contributed by atoms with Crippen molar-refractivity contribution in [1.29, 1.82) is 0 Å². The first-order chi connectivity index (χ1) is 13.4. The highest BCUT2D eigenvalue weighted by molar-refractivity contribution is 6.03. The van der Waals surface area contributed by atoms with Gasteiger partial charge in [-0.25, -0.2) is 9.97 Å². The van der Waals surface area contributed by atoms with Crippen molar-refractivity contribution in [3.8, 4) is 5.75 Å². The fraction of sp³-hybridized carbons (Fsp3) is 0.105. The van der Waals surface area contributed by atoms with E-state index in [0.717, 1.165) is 6.07 Å². The summed E-state index contributed by atoms with van der Waals surface area (Å²) >= 11 is 0. The molecule has 0 saturated heterocycles. The van der Waals surface area contributed by atoms with E-state index in [1.807, 2.05) is 0 Å². The Morgan fingerprint density at radius 1 is 1.04 bits per heavy atom. The number of amides is 1. The Kier molecular flexibility index (Phi) is 5.44. The minimum absolute atomic E-state index is 0.117. The minimum Gasteiger partial charge on any atom is -0.497 e. The van der Waals surface area contributed by atoms with E-state index in [1.165, 1.54) is 30.6 Å². The van der Waals surface area contributed by atoms with E-state index in [1.54, 1.807) is 31.4 Å². The van der Waals surface area contributed by atoms with Gasteiger partial charge in [-0.2, -0.15) is 13.2 Å². The monoisotopic (exact) mass is 388 g/mol. The van der Waals surface area contributed by atoms with E-state index in [2.05, 4.69) is 20.6 Å². The second-order valence-electron chi connectivity index (χ2n) is 5.64. The number of nitrogens with one attached hydrogen (secondary N) is 2. The number of benzene rings is 2. The van der Waals surface area contributed by atoms with Crippen molar-refractivity contribution in [2.45, 2.75) is 6.18 Å². The Balaban J connectivity index is 1.72. The zero-order valence-electron chi connectivity index (χ0n) is 14.6. The lowest BCUT2D eigenvalue weighted by Gasteiger charge is -2.13. The number of hydrogen-bond donors (Lipinski definition) is 2. The van der Waals surface area contributed by atoms with E-state index in [4.69, 9.17) is 4.74 Å². The number of anilines is 3. The molecule has 0 spiro atoms. The van der Waals surface area contributed by atoms with Gasteiger partial charge in [-0.05, 0) is 24.3 Å². The molecule has 28 heavy (non-hydrogen) atoms. The smallest absolute Gasteiger partial charge is 0.418 e. The molecule has 0 atom stereocenters. The van der Waals surface area contributed by atoms with Crippen LogP contribution in [-0.2, 0) is 6.18 Å². The topological polar surface area (TPSA) is 76.1 Å². The molecule has 9 heteroatoms. The molecule has 0 aliphatic heterocycles. The third-order valence-corrected chi connectivity index (χ3v) is 3.71. The molecule has 0 radical (unpaired) electrons. The van der Waals surface area contributed by atoms with Gasteiger partial charge in [-0.15, -0.1) is 0 Å². The molecule has 6 nitrogen and oxygen atoms in total. The lowest BCUT2D eigenvalue weighted by Crippen LogP contribution is -2.18. The zero-order chi connectivity index (χ0) is 20.1. The van der Waals surface area contributed by atoms with Gasteiger partial charge < -0.3 is 15.4 Å². The number of nitrogens with zero attached hydrogens (tertiary/aromatic N) is 2. The summed E-state index contributed by atoms with van der Waals surface area (Å²) in [7, 11) is 1.54. The summed E-state index contributed by atoms with van der Waals surface area (Å²) in [5.74, 6) is 0.218. The first kappa shape index (κ1) is 19.2. The van der Waals surface area contributed by atoms with Crippen LogP contribution < -0.4 is 15.4 Å². The van der Waals surface area contributed by atoms with Crippen LogP contribution in [0.1, 0.15) is 16.1 Å². The number of hydrogen-bond acceptors (Lipinski definition) is 5. The Morgan fingerprint density at radius 2 is 1.82 bits per heavy atom. The highest BCUT2D eigenvalue weighted by atomic mass is 19.4. The van der Waals surface area contributed by atoms with Crippen LogP contribution in [0.3, 0.4) is 0 Å². The van der Waals surface area contributed by atoms with Crippen LogP contribution in [0.4, 0.5) is 30.4 Å². The second-order valence-corrected chi connectivity index (χ2v) is 5.64. The summed E-state index contributed by atoms with van der Waals surface area (Å²) in [6.07, 6.45) is -2.10. The summed E-state index contributed by atoms with van der Waals surface area (Å²) in [6.45, 7) is 0. The molecular weight excluding hydrogens is 373 g/mol. The Labute approximate surface area is 158 Å². The van der Waals surface area contributed by atoms with Gasteiger partial charge in [-0.1, -0.05) is 18.2 Å².